The summed E-state index contributed by atoms with van der Waals surface area (Å²) in [6.07, 6.45) is 36.5. The van der Waals surface area contributed by atoms with E-state index in [1.54, 1.807) is 4.90 Å². The fourth-order valence-electron chi connectivity index (χ4n) is 6.35. The molecule has 0 aliphatic heterocycles. The van der Waals surface area contributed by atoms with Gasteiger partial charge in [0.05, 0.1) is 25.7 Å². The van der Waals surface area contributed by atoms with Crippen molar-refractivity contribution in [3.05, 3.63) is 0 Å². The molecular formula is C40H81NO7. The number of carboxylic acid groups (broad SMARTS) is 2. The third-order valence-electron chi connectivity index (χ3n) is 9.45. The molecule has 0 aliphatic carbocycles. The fourth-order valence-corrected chi connectivity index (χ4v) is 6.35. The van der Waals surface area contributed by atoms with Gasteiger partial charge in [-0.05, 0) is 19.3 Å². The minimum Gasteiger partial charge on any atom is -0.481 e. The molecule has 0 heterocycles. The second-order valence-electron chi connectivity index (χ2n) is 14.0. The first-order chi connectivity index (χ1) is 23.4. The molecule has 0 aliphatic rings. The van der Waals surface area contributed by atoms with Gasteiger partial charge in [0, 0.05) is 26.1 Å². The molecule has 288 valence electrons. The molecule has 0 bridgehead atoms. The topological polar surface area (TPSA) is 139 Å². The van der Waals surface area contributed by atoms with Crippen LogP contribution in [0.25, 0.3) is 0 Å². The number of rotatable bonds is 38. The first-order valence-corrected chi connectivity index (χ1v) is 20.4. The van der Waals surface area contributed by atoms with Crippen LogP contribution in [0.3, 0.4) is 0 Å². The number of hydrogen-bond donors (Lipinski definition) is 5. The highest BCUT2D eigenvalue weighted by atomic mass is 16.4. The van der Waals surface area contributed by atoms with Crippen molar-refractivity contribution in [1.29, 1.82) is 0 Å². The SMILES string of the molecule is CCCCCCCCCCCCCCC(CCCCCCCCCCCCCCCCCC(=O)O)C(=O)O.OCCN(CCO)CCO. The van der Waals surface area contributed by atoms with E-state index in [1.807, 2.05) is 0 Å². The maximum absolute atomic E-state index is 11.6. The Bertz CT molecular complexity index is 635. The van der Waals surface area contributed by atoms with Gasteiger partial charge in [-0.15, -0.1) is 0 Å². The quantitative estimate of drug-likeness (QED) is 0.0405. The van der Waals surface area contributed by atoms with Gasteiger partial charge < -0.3 is 25.5 Å². The summed E-state index contributed by atoms with van der Waals surface area (Å²) in [6, 6.07) is 0. The van der Waals surface area contributed by atoms with Crippen molar-refractivity contribution in [3.63, 3.8) is 0 Å². The van der Waals surface area contributed by atoms with Crippen LogP contribution in [0.15, 0.2) is 0 Å². The van der Waals surface area contributed by atoms with Crippen LogP contribution in [0.2, 0.25) is 0 Å². The lowest BCUT2D eigenvalue weighted by molar-refractivity contribution is -0.142. The average Bonchev–Trinajstić information content (AvgIpc) is 3.06. The highest BCUT2D eigenvalue weighted by molar-refractivity contribution is 5.69. The minimum atomic E-state index is -0.669. The normalized spacial score (nSPS) is 11.9. The molecule has 0 aromatic carbocycles. The van der Waals surface area contributed by atoms with Crippen molar-refractivity contribution in [1.82, 2.24) is 4.90 Å². The molecule has 0 amide bonds. The van der Waals surface area contributed by atoms with Crippen molar-refractivity contribution in [2.75, 3.05) is 39.5 Å². The predicted octanol–water partition coefficient (Wildman–Crippen LogP) is 9.76. The summed E-state index contributed by atoms with van der Waals surface area (Å²) < 4.78 is 0. The van der Waals surface area contributed by atoms with E-state index in [-0.39, 0.29) is 25.7 Å². The zero-order valence-corrected chi connectivity index (χ0v) is 31.5. The van der Waals surface area contributed by atoms with E-state index >= 15 is 0 Å². The standard InChI is InChI=1S/C34H66O4.C6H15NO3/c1-2-3-4-5-6-7-8-14-17-20-23-26-29-32(34(37)38)30-27-24-21-18-15-12-10-9-11-13-16-19-22-25-28-31-33(35)36;8-4-1-7(2-5-9)3-6-10/h32H,2-31H2,1H3,(H,35,36)(H,37,38);8-10H,1-6H2. The average molecular weight is 688 g/mol. The molecule has 5 N–H and O–H groups in total. The van der Waals surface area contributed by atoms with Gasteiger partial charge in [0.1, 0.15) is 0 Å². The maximum Gasteiger partial charge on any atom is 0.306 e. The summed E-state index contributed by atoms with van der Waals surface area (Å²) in [7, 11) is 0. The first-order valence-electron chi connectivity index (χ1n) is 20.4. The summed E-state index contributed by atoms with van der Waals surface area (Å²) in [5, 5.41) is 43.7. The Balaban J connectivity index is 0. The highest BCUT2D eigenvalue weighted by Gasteiger charge is 2.16. The molecule has 0 saturated carbocycles. The highest BCUT2D eigenvalue weighted by Crippen LogP contribution is 2.20. The van der Waals surface area contributed by atoms with Crippen LogP contribution >= 0.6 is 0 Å². The number of aliphatic hydroxyl groups is 3. The lowest BCUT2D eigenvalue weighted by atomic mass is 9.94. The van der Waals surface area contributed by atoms with E-state index in [1.165, 1.54) is 148 Å². The summed E-state index contributed by atoms with van der Waals surface area (Å²) in [6.45, 7) is 4.02. The second kappa shape index (κ2) is 41.9. The van der Waals surface area contributed by atoms with Gasteiger partial charge >= 0.3 is 11.9 Å². The predicted molar refractivity (Wildman–Crippen MR) is 201 cm³/mol. The number of carboxylic acids is 2. The van der Waals surface area contributed by atoms with Gasteiger partial charge in [0.2, 0.25) is 0 Å². The molecule has 0 aromatic heterocycles. The number of hydrogen-bond acceptors (Lipinski definition) is 6. The molecule has 48 heavy (non-hydrogen) atoms. The van der Waals surface area contributed by atoms with Crippen molar-refractivity contribution < 1.29 is 35.1 Å². The Morgan fingerprint density at radius 2 is 0.708 bits per heavy atom. The Morgan fingerprint density at radius 3 is 0.958 bits per heavy atom. The Labute approximate surface area is 296 Å². The van der Waals surface area contributed by atoms with Crippen molar-refractivity contribution >= 4 is 11.9 Å². The maximum atomic E-state index is 11.6. The largest absolute Gasteiger partial charge is 0.481 e. The lowest BCUT2D eigenvalue weighted by Gasteiger charge is -2.17. The zero-order chi connectivity index (χ0) is 35.8. The van der Waals surface area contributed by atoms with E-state index in [9.17, 15) is 14.7 Å². The second-order valence-corrected chi connectivity index (χ2v) is 14.0. The molecule has 1 unspecified atom stereocenters. The Morgan fingerprint density at radius 1 is 0.438 bits per heavy atom. The number of carbonyl (C=O) groups is 2. The van der Waals surface area contributed by atoms with Crippen LogP contribution in [-0.4, -0.2) is 81.8 Å². The molecular weight excluding hydrogens is 606 g/mol. The van der Waals surface area contributed by atoms with E-state index in [2.05, 4.69) is 6.92 Å². The summed E-state index contributed by atoms with van der Waals surface area (Å²) in [5.41, 5.74) is 0. The van der Waals surface area contributed by atoms with Crippen molar-refractivity contribution in [3.8, 4) is 0 Å². The van der Waals surface area contributed by atoms with Crippen LogP contribution in [0.1, 0.15) is 200 Å². The van der Waals surface area contributed by atoms with Gasteiger partial charge in [-0.1, -0.05) is 174 Å². The van der Waals surface area contributed by atoms with E-state index in [4.69, 9.17) is 20.4 Å². The fraction of sp³-hybridized carbons (Fsp3) is 0.950. The summed E-state index contributed by atoms with van der Waals surface area (Å²) in [4.78, 5) is 23.9. The van der Waals surface area contributed by atoms with Crippen molar-refractivity contribution in [2.24, 2.45) is 5.92 Å². The summed E-state index contributed by atoms with van der Waals surface area (Å²) >= 11 is 0. The van der Waals surface area contributed by atoms with Crippen LogP contribution < -0.4 is 0 Å². The number of nitrogens with zero attached hydrogens (tertiary/aromatic N) is 1. The Kier molecular flexibility index (Phi) is 42.7. The van der Waals surface area contributed by atoms with Gasteiger partial charge in [0.25, 0.3) is 0 Å². The zero-order valence-electron chi connectivity index (χ0n) is 31.5. The van der Waals surface area contributed by atoms with Gasteiger partial charge in [-0.2, -0.15) is 0 Å². The molecule has 0 rings (SSSR count). The third-order valence-corrected chi connectivity index (χ3v) is 9.45. The molecule has 0 fully saturated rings. The van der Waals surface area contributed by atoms with Crippen molar-refractivity contribution in [2.45, 2.75) is 200 Å². The number of aliphatic carboxylic acids is 2. The van der Waals surface area contributed by atoms with Gasteiger partial charge in [-0.3, -0.25) is 14.5 Å². The van der Waals surface area contributed by atoms with Gasteiger partial charge in [0.15, 0.2) is 0 Å². The Hall–Kier alpha value is -1.22. The smallest absolute Gasteiger partial charge is 0.306 e. The molecule has 0 aromatic rings. The van der Waals surface area contributed by atoms with E-state index in [0.29, 0.717) is 26.1 Å². The number of unbranched alkanes of at least 4 members (excludes halogenated alkanes) is 25. The molecule has 0 radical (unpaired) electrons. The summed E-state index contributed by atoms with van der Waals surface area (Å²) in [5.74, 6) is -1.37. The number of aliphatic hydroxyl groups excluding tert-OH is 3. The van der Waals surface area contributed by atoms with Crippen LogP contribution in [0, 0.1) is 5.92 Å². The van der Waals surface area contributed by atoms with Gasteiger partial charge in [-0.25, -0.2) is 0 Å². The minimum absolute atomic E-state index is 0.0694. The van der Waals surface area contributed by atoms with Crippen LogP contribution in [0.5, 0.6) is 0 Å². The van der Waals surface area contributed by atoms with Crippen LogP contribution in [-0.2, 0) is 9.59 Å². The molecule has 1 atom stereocenters. The third kappa shape index (κ3) is 41.0. The van der Waals surface area contributed by atoms with E-state index < -0.39 is 11.9 Å². The first kappa shape index (κ1) is 48.9. The molecule has 0 saturated heterocycles. The van der Waals surface area contributed by atoms with Crippen LogP contribution in [0.4, 0.5) is 0 Å². The molecule has 8 heteroatoms. The monoisotopic (exact) mass is 688 g/mol. The lowest BCUT2D eigenvalue weighted by Crippen LogP contribution is -2.32. The molecule has 0 spiro atoms. The van der Waals surface area contributed by atoms with E-state index in [0.717, 1.165) is 38.5 Å². The molecule has 8 nitrogen and oxygen atoms in total.